The van der Waals surface area contributed by atoms with Gasteiger partial charge in [-0.2, -0.15) is 0 Å². The molecular formula is C48H80N2O14. The van der Waals surface area contributed by atoms with Crippen LogP contribution in [0.1, 0.15) is 114 Å². The highest BCUT2D eigenvalue weighted by Crippen LogP contribution is 2.40. The van der Waals surface area contributed by atoms with Crippen LogP contribution in [0.2, 0.25) is 0 Å². The number of Topliss-reactive ketones (excluding diaryl/α,β-unsaturated/α-hetero) is 1. The molecule has 0 saturated carbocycles. The summed E-state index contributed by atoms with van der Waals surface area (Å²) in [5.74, 6) is -3.43. The highest BCUT2D eigenvalue weighted by Gasteiger charge is 2.53. The van der Waals surface area contributed by atoms with Crippen molar-refractivity contribution in [2.45, 2.75) is 199 Å². The number of rotatable bonds is 12. The van der Waals surface area contributed by atoms with Gasteiger partial charge in [0.25, 0.3) is 0 Å². The Balaban J connectivity index is 1.86. The lowest BCUT2D eigenvalue weighted by molar-refractivity contribution is -0.308. The van der Waals surface area contributed by atoms with Crippen LogP contribution in [-0.2, 0) is 54.1 Å². The molecule has 64 heavy (non-hydrogen) atoms. The van der Waals surface area contributed by atoms with Crippen LogP contribution in [0.5, 0.6) is 0 Å². The Morgan fingerprint density at radius 3 is 2.19 bits per heavy atom. The molecule has 0 bridgehead atoms. The first-order chi connectivity index (χ1) is 29.9. The topological polar surface area (TPSA) is 192 Å². The maximum absolute atomic E-state index is 14.5. The number of ether oxygens (including phenoxy) is 8. The molecule has 0 aromatic heterocycles. The number of nitrogens with zero attached hydrogens (tertiary/aromatic N) is 2. The zero-order chi connectivity index (χ0) is 47.9. The molecule has 0 amide bonds. The number of aliphatic hydroxyl groups excluding tert-OH is 1. The van der Waals surface area contributed by atoms with Gasteiger partial charge in [-0.15, -0.1) is 0 Å². The lowest BCUT2D eigenvalue weighted by atomic mass is 9.78. The predicted octanol–water partition coefficient (Wildman–Crippen LogP) is 5.25. The van der Waals surface area contributed by atoms with Crippen LogP contribution < -0.4 is 0 Å². The summed E-state index contributed by atoms with van der Waals surface area (Å²) in [7, 11) is 5.19. The monoisotopic (exact) mass is 909 g/mol. The van der Waals surface area contributed by atoms with Crippen molar-refractivity contribution < 1.29 is 67.6 Å². The van der Waals surface area contributed by atoms with E-state index in [1.807, 2.05) is 77.0 Å². The summed E-state index contributed by atoms with van der Waals surface area (Å²) in [4.78, 5) is 45.4. The number of likely N-dealkylation sites (N-methyl/N-ethyl adjacent to an activating group) is 1. The van der Waals surface area contributed by atoms with Gasteiger partial charge in [-0.25, -0.2) is 4.79 Å². The number of hydrogen-bond donors (Lipinski definition) is 3. The van der Waals surface area contributed by atoms with E-state index in [4.69, 9.17) is 37.9 Å². The molecule has 16 heteroatoms. The van der Waals surface area contributed by atoms with E-state index >= 15 is 0 Å². The smallest absolute Gasteiger partial charge is 0.459 e. The zero-order valence-electron chi connectivity index (χ0n) is 40.9. The van der Waals surface area contributed by atoms with Crippen LogP contribution in [0, 0.1) is 17.8 Å². The number of esters is 1. The average molecular weight is 909 g/mol. The van der Waals surface area contributed by atoms with Crippen LogP contribution in [0.3, 0.4) is 0 Å². The number of ketones is 1. The summed E-state index contributed by atoms with van der Waals surface area (Å²) in [6, 6.07) is 8.54. The number of cyclic esters (lactones) is 1. The van der Waals surface area contributed by atoms with Gasteiger partial charge in [0.2, 0.25) is 0 Å². The van der Waals surface area contributed by atoms with E-state index in [9.17, 15) is 29.7 Å². The lowest BCUT2D eigenvalue weighted by Gasteiger charge is -2.48. The standard InChI is InChI=1S/C48H80N2O14/c1-15-22-50-26-28(3)40(51)48(11,56)36(16-2)61-43(53)32(7)38(62-37-25-47(10,57-14)41(52)33(8)60-37)31(6)42(46(9,55)24-29(50)4)64-44-39(35(49(12)13)23-30(5)59-44)63-45(54)58-27-34-20-18-17-19-21-34/h17-21,28-33,35-40,42,44,51,55-56H,15-16,22-27H2,1-14H3/t28-,29-,30-,31+,32?,33+,35+,36-,37?,38-,39-,40-,42-,44+,46-,47-,48-/m1/s1. The predicted molar refractivity (Wildman–Crippen MR) is 238 cm³/mol. The fraction of sp³-hybridized carbons (Fsp3) is 0.812. The van der Waals surface area contributed by atoms with Crippen LogP contribution in [0.4, 0.5) is 4.79 Å². The summed E-state index contributed by atoms with van der Waals surface area (Å²) in [5, 5.41) is 36.7. The minimum Gasteiger partial charge on any atom is -0.459 e. The fourth-order valence-corrected chi connectivity index (χ4v) is 9.96. The number of carbonyl (C=O) groups is 3. The van der Waals surface area contributed by atoms with Gasteiger partial charge in [0.1, 0.15) is 30.0 Å². The molecule has 3 aliphatic heterocycles. The van der Waals surface area contributed by atoms with E-state index < -0.39 is 102 Å². The Hall–Kier alpha value is -2.77. The molecule has 0 spiro atoms. The Morgan fingerprint density at radius 2 is 1.59 bits per heavy atom. The largest absolute Gasteiger partial charge is 0.509 e. The molecule has 17 atom stereocenters. The fourth-order valence-electron chi connectivity index (χ4n) is 9.96. The normalized spacial score (nSPS) is 41.2. The quantitative estimate of drug-likeness (QED) is 0.230. The van der Waals surface area contributed by atoms with E-state index in [0.717, 1.165) is 12.0 Å². The summed E-state index contributed by atoms with van der Waals surface area (Å²) in [5.41, 5.74) is -4.01. The van der Waals surface area contributed by atoms with E-state index in [2.05, 4.69) is 4.90 Å². The first-order valence-corrected chi connectivity index (χ1v) is 23.2. The molecule has 3 aliphatic rings. The molecule has 16 nitrogen and oxygen atoms in total. The van der Waals surface area contributed by atoms with Gasteiger partial charge in [-0.3, -0.25) is 9.59 Å². The van der Waals surface area contributed by atoms with Gasteiger partial charge in [-0.1, -0.05) is 58.0 Å². The third-order valence-corrected chi connectivity index (χ3v) is 13.8. The molecule has 2 unspecified atom stereocenters. The van der Waals surface area contributed by atoms with Crippen molar-refractivity contribution in [2.75, 3.05) is 34.3 Å². The SMILES string of the molecule is CCCN1C[C@@H](C)[C@@H](O)[C@](C)(O)[C@@H](CC)OC(=O)C(C)[C@H](OC2C[C@@](C)(OC)C(=O)[C@H](C)O2)[C@H](C)[C@@H](O[C@@H]2O[C@H](C)C[C@H](N(C)C)[C@H]2OC(=O)OCc2ccccc2)[C@](C)(O)C[C@H]1C. The van der Waals surface area contributed by atoms with E-state index in [1.165, 1.54) is 14.0 Å². The highest BCUT2D eigenvalue weighted by atomic mass is 16.8. The molecule has 3 heterocycles. The van der Waals surface area contributed by atoms with Crippen LogP contribution in [0.25, 0.3) is 0 Å². The maximum atomic E-state index is 14.5. The maximum Gasteiger partial charge on any atom is 0.509 e. The zero-order valence-corrected chi connectivity index (χ0v) is 40.9. The van der Waals surface area contributed by atoms with Crippen molar-refractivity contribution in [1.82, 2.24) is 9.80 Å². The minimum absolute atomic E-state index is 0.00621. The van der Waals surface area contributed by atoms with Crippen LogP contribution in [0.15, 0.2) is 30.3 Å². The second-order valence-corrected chi connectivity index (χ2v) is 19.6. The third kappa shape index (κ3) is 13.0. The third-order valence-electron chi connectivity index (χ3n) is 13.8. The molecule has 366 valence electrons. The number of benzene rings is 1. The summed E-state index contributed by atoms with van der Waals surface area (Å²) in [6.07, 6.45) is -8.64. The van der Waals surface area contributed by atoms with Gasteiger partial charge in [0.15, 0.2) is 24.5 Å². The van der Waals surface area contributed by atoms with E-state index in [-0.39, 0.29) is 43.8 Å². The number of carbonyl (C=O) groups excluding carboxylic acids is 3. The lowest BCUT2D eigenvalue weighted by Crippen LogP contribution is -2.61. The van der Waals surface area contributed by atoms with Gasteiger partial charge >= 0.3 is 12.1 Å². The molecule has 3 fully saturated rings. The minimum atomic E-state index is -1.83. The Bertz CT molecular complexity index is 1650. The summed E-state index contributed by atoms with van der Waals surface area (Å²) >= 11 is 0. The number of aliphatic hydroxyl groups is 3. The van der Waals surface area contributed by atoms with E-state index in [1.54, 1.807) is 41.5 Å². The number of methoxy groups -OCH3 is 1. The molecule has 1 aromatic carbocycles. The highest BCUT2D eigenvalue weighted by molar-refractivity contribution is 5.91. The molecule has 1 aromatic rings. The van der Waals surface area contributed by atoms with Gasteiger partial charge < -0.3 is 63.0 Å². The molecular weight excluding hydrogens is 829 g/mol. The molecule has 4 rings (SSSR count). The summed E-state index contributed by atoms with van der Waals surface area (Å²) in [6.45, 7) is 20.4. The summed E-state index contributed by atoms with van der Waals surface area (Å²) < 4.78 is 50.0. The van der Waals surface area contributed by atoms with Crippen molar-refractivity contribution in [1.29, 1.82) is 0 Å². The van der Waals surface area contributed by atoms with Crippen molar-refractivity contribution in [2.24, 2.45) is 17.8 Å². The number of hydrogen-bond acceptors (Lipinski definition) is 16. The Morgan fingerprint density at radius 1 is 0.938 bits per heavy atom. The first-order valence-electron chi connectivity index (χ1n) is 23.2. The molecule has 0 aliphatic carbocycles. The molecule has 3 saturated heterocycles. The van der Waals surface area contributed by atoms with Crippen molar-refractivity contribution >= 4 is 17.9 Å². The van der Waals surface area contributed by atoms with Crippen molar-refractivity contribution in [3.63, 3.8) is 0 Å². The van der Waals surface area contributed by atoms with Crippen LogP contribution in [-0.4, -0.2) is 162 Å². The van der Waals surface area contributed by atoms with Crippen molar-refractivity contribution in [3.05, 3.63) is 35.9 Å². The van der Waals surface area contributed by atoms with E-state index in [0.29, 0.717) is 19.5 Å². The Labute approximate surface area is 381 Å². The average Bonchev–Trinajstić information content (AvgIpc) is 3.24. The molecule has 3 N–H and O–H groups in total. The van der Waals surface area contributed by atoms with Crippen LogP contribution >= 0.6 is 0 Å². The van der Waals surface area contributed by atoms with Gasteiger partial charge in [-0.05, 0) is 106 Å². The first kappa shape index (κ1) is 53.8. The second kappa shape index (κ2) is 22.8. The van der Waals surface area contributed by atoms with Crippen molar-refractivity contribution in [3.8, 4) is 0 Å². The van der Waals surface area contributed by atoms with Gasteiger partial charge in [0.05, 0.1) is 42.0 Å². The molecule has 0 radical (unpaired) electrons. The Kier molecular flexibility index (Phi) is 19.2. The second-order valence-electron chi connectivity index (χ2n) is 19.6. The van der Waals surface area contributed by atoms with Gasteiger partial charge in [0, 0.05) is 32.0 Å².